The van der Waals surface area contributed by atoms with Crippen LogP contribution in [-0.2, 0) is 10.0 Å². The van der Waals surface area contributed by atoms with E-state index < -0.39 is 16.0 Å². The van der Waals surface area contributed by atoms with Crippen molar-refractivity contribution in [1.82, 2.24) is 4.83 Å². The molecule has 3 aromatic carbocycles. The number of esters is 1. The maximum atomic E-state index is 12.3. The van der Waals surface area contributed by atoms with Crippen molar-refractivity contribution in [2.45, 2.75) is 4.90 Å². The van der Waals surface area contributed by atoms with Crippen LogP contribution in [0.25, 0.3) is 0 Å². The maximum Gasteiger partial charge on any atom is 0.343 e. The first-order valence-electron chi connectivity index (χ1n) is 8.12. The first kappa shape index (κ1) is 19.8. The third-order valence-electron chi connectivity index (χ3n) is 3.61. The number of carbonyl (C=O) groups is 1. The molecule has 0 aliphatic heterocycles. The number of hydrogen-bond acceptors (Lipinski definition) is 5. The zero-order valence-electron chi connectivity index (χ0n) is 14.4. The van der Waals surface area contributed by atoms with E-state index >= 15 is 0 Å². The molecule has 8 heteroatoms. The van der Waals surface area contributed by atoms with Crippen LogP contribution < -0.4 is 9.57 Å². The average molecular weight is 459 g/mol. The van der Waals surface area contributed by atoms with Crippen molar-refractivity contribution in [3.63, 3.8) is 0 Å². The third-order valence-corrected chi connectivity index (χ3v) is 5.35. The van der Waals surface area contributed by atoms with Gasteiger partial charge in [-0.1, -0.05) is 52.3 Å². The van der Waals surface area contributed by atoms with Crippen LogP contribution in [0.2, 0.25) is 0 Å². The average Bonchev–Trinajstić information content (AvgIpc) is 2.71. The monoisotopic (exact) mass is 458 g/mol. The Hall–Kier alpha value is -2.97. The Bertz CT molecular complexity index is 1100. The van der Waals surface area contributed by atoms with Crippen molar-refractivity contribution in [2.24, 2.45) is 5.10 Å². The summed E-state index contributed by atoms with van der Waals surface area (Å²) in [6.07, 6.45) is 1.28. The number of hydrogen-bond donors (Lipinski definition) is 1. The summed E-state index contributed by atoms with van der Waals surface area (Å²) in [5.74, 6) is -0.276. The third kappa shape index (κ3) is 5.05. The quantitative estimate of drug-likeness (QED) is 0.262. The highest BCUT2D eigenvalue weighted by Gasteiger charge is 2.13. The number of nitrogens with one attached hydrogen (secondary N) is 1. The van der Waals surface area contributed by atoms with Crippen molar-refractivity contribution in [3.8, 4) is 5.75 Å². The molecule has 0 aromatic heterocycles. The van der Waals surface area contributed by atoms with E-state index in [9.17, 15) is 13.2 Å². The molecular weight excluding hydrogens is 444 g/mol. The Balaban J connectivity index is 1.79. The van der Waals surface area contributed by atoms with Gasteiger partial charge in [0, 0.05) is 10.0 Å². The number of ether oxygens (including phenoxy) is 1. The van der Waals surface area contributed by atoms with Gasteiger partial charge in [0.1, 0.15) is 5.75 Å². The van der Waals surface area contributed by atoms with Crippen LogP contribution in [0.4, 0.5) is 0 Å². The van der Waals surface area contributed by atoms with Gasteiger partial charge in [-0.15, -0.1) is 0 Å². The summed E-state index contributed by atoms with van der Waals surface area (Å²) in [4.78, 5) is 14.5. The summed E-state index contributed by atoms with van der Waals surface area (Å²) in [6.45, 7) is 0. The minimum atomic E-state index is -3.79. The van der Waals surface area contributed by atoms with Crippen LogP contribution in [0.3, 0.4) is 0 Å². The van der Waals surface area contributed by atoms with Gasteiger partial charge in [-0.2, -0.15) is 13.5 Å². The first-order valence-corrected chi connectivity index (χ1v) is 10.4. The van der Waals surface area contributed by atoms with Crippen molar-refractivity contribution < 1.29 is 17.9 Å². The van der Waals surface area contributed by atoms with Crippen molar-refractivity contribution in [2.75, 3.05) is 0 Å². The van der Waals surface area contributed by atoms with Gasteiger partial charge in [-0.25, -0.2) is 9.63 Å². The molecule has 0 aliphatic rings. The largest absolute Gasteiger partial charge is 0.422 e. The molecule has 0 unspecified atom stereocenters. The number of benzene rings is 3. The van der Waals surface area contributed by atoms with Crippen molar-refractivity contribution >= 4 is 38.1 Å². The summed E-state index contributed by atoms with van der Waals surface area (Å²) in [5, 5.41) is 3.80. The van der Waals surface area contributed by atoms with E-state index in [4.69, 9.17) is 4.74 Å². The Morgan fingerprint density at radius 3 is 2.29 bits per heavy atom. The summed E-state index contributed by atoms with van der Waals surface area (Å²) in [7, 11) is -3.79. The molecule has 3 rings (SSSR count). The lowest BCUT2D eigenvalue weighted by molar-refractivity contribution is 0.0734. The molecule has 6 nitrogen and oxygen atoms in total. The minimum Gasteiger partial charge on any atom is -0.422 e. The Morgan fingerprint density at radius 2 is 1.61 bits per heavy atom. The summed E-state index contributed by atoms with van der Waals surface area (Å²) in [6, 6.07) is 21.4. The number of nitrogens with zero attached hydrogens (tertiary/aromatic N) is 1. The Kier molecular flexibility index (Phi) is 6.23. The van der Waals surface area contributed by atoms with E-state index in [0.29, 0.717) is 11.1 Å². The fraction of sp³-hybridized carbons (Fsp3) is 0. The molecule has 0 heterocycles. The van der Waals surface area contributed by atoms with Crippen molar-refractivity contribution in [1.29, 1.82) is 0 Å². The highest BCUT2D eigenvalue weighted by atomic mass is 79.9. The van der Waals surface area contributed by atoms with Crippen LogP contribution in [0.15, 0.2) is 93.3 Å². The van der Waals surface area contributed by atoms with Gasteiger partial charge in [-0.05, 0) is 42.5 Å². The lowest BCUT2D eigenvalue weighted by Gasteiger charge is -2.08. The van der Waals surface area contributed by atoms with E-state index in [1.54, 1.807) is 66.7 Å². The van der Waals surface area contributed by atoms with Crippen LogP contribution in [0.1, 0.15) is 15.9 Å². The Morgan fingerprint density at radius 1 is 0.964 bits per heavy atom. The highest BCUT2D eigenvalue weighted by molar-refractivity contribution is 9.10. The molecule has 0 saturated heterocycles. The van der Waals surface area contributed by atoms with E-state index in [2.05, 4.69) is 25.9 Å². The molecule has 28 heavy (non-hydrogen) atoms. The van der Waals surface area contributed by atoms with Gasteiger partial charge in [0.15, 0.2) is 0 Å². The van der Waals surface area contributed by atoms with Crippen LogP contribution in [-0.4, -0.2) is 20.6 Å². The van der Waals surface area contributed by atoms with Crippen LogP contribution in [0, 0.1) is 0 Å². The van der Waals surface area contributed by atoms with Crippen molar-refractivity contribution in [3.05, 3.63) is 94.5 Å². The fourth-order valence-corrected chi connectivity index (χ4v) is 3.45. The van der Waals surface area contributed by atoms with Crippen LogP contribution in [0.5, 0.6) is 5.75 Å². The minimum absolute atomic E-state index is 0.0946. The maximum absolute atomic E-state index is 12.3. The molecule has 142 valence electrons. The molecule has 0 radical (unpaired) electrons. The normalized spacial score (nSPS) is 11.3. The predicted octanol–water partition coefficient (Wildman–Crippen LogP) is 3.98. The zero-order valence-corrected chi connectivity index (χ0v) is 16.9. The van der Waals surface area contributed by atoms with Gasteiger partial charge >= 0.3 is 5.97 Å². The zero-order chi connectivity index (χ0) is 20.0. The van der Waals surface area contributed by atoms with Crippen LogP contribution >= 0.6 is 15.9 Å². The fourth-order valence-electron chi connectivity index (χ4n) is 2.26. The molecule has 1 N–H and O–H groups in total. The molecule has 0 saturated carbocycles. The first-order chi connectivity index (χ1) is 13.5. The van der Waals surface area contributed by atoms with Gasteiger partial charge in [-0.3, -0.25) is 0 Å². The molecule has 0 bridgehead atoms. The van der Waals surface area contributed by atoms with E-state index in [-0.39, 0.29) is 10.6 Å². The second kappa shape index (κ2) is 8.81. The second-order valence-electron chi connectivity index (χ2n) is 5.60. The van der Waals surface area contributed by atoms with Gasteiger partial charge in [0.2, 0.25) is 0 Å². The topological polar surface area (TPSA) is 84.8 Å². The Labute approximate surface area is 171 Å². The van der Waals surface area contributed by atoms with E-state index in [0.717, 1.165) is 4.47 Å². The number of carbonyl (C=O) groups excluding carboxylic acids is 1. The SMILES string of the molecule is O=C(Oc1ccc(Br)cc1/C=N/NS(=O)(=O)c1ccccc1)c1ccccc1. The second-order valence-corrected chi connectivity index (χ2v) is 8.18. The number of sulfonamides is 1. The van der Waals surface area contributed by atoms with E-state index in [1.165, 1.54) is 18.3 Å². The standard InChI is InChI=1S/C20H15BrN2O4S/c21-17-11-12-19(27-20(24)15-7-3-1-4-8-15)16(13-17)14-22-23-28(25,26)18-9-5-2-6-10-18/h1-14,23H/b22-14+. The molecule has 0 amide bonds. The van der Waals surface area contributed by atoms with E-state index in [1.807, 2.05) is 0 Å². The van der Waals surface area contributed by atoms with Gasteiger partial charge in [0.05, 0.1) is 16.7 Å². The number of hydrazone groups is 1. The molecule has 0 aliphatic carbocycles. The number of rotatable bonds is 6. The lowest BCUT2D eigenvalue weighted by Crippen LogP contribution is -2.18. The van der Waals surface area contributed by atoms with Gasteiger partial charge < -0.3 is 4.74 Å². The summed E-state index contributed by atoms with van der Waals surface area (Å²) < 4.78 is 30.6. The molecular formula is C20H15BrN2O4S. The predicted molar refractivity (Wildman–Crippen MR) is 110 cm³/mol. The molecule has 3 aromatic rings. The molecule has 0 atom stereocenters. The lowest BCUT2D eigenvalue weighted by atomic mass is 10.2. The smallest absolute Gasteiger partial charge is 0.343 e. The summed E-state index contributed by atoms with van der Waals surface area (Å²) >= 11 is 3.33. The van der Waals surface area contributed by atoms with Gasteiger partial charge in [0.25, 0.3) is 10.0 Å². The molecule has 0 fully saturated rings. The highest BCUT2D eigenvalue weighted by Crippen LogP contribution is 2.23. The summed E-state index contributed by atoms with van der Waals surface area (Å²) in [5.41, 5.74) is 0.826. The number of halogens is 1. The molecule has 0 spiro atoms.